The molecular formula is C16H16N4O3. The molecule has 1 unspecified atom stereocenters. The maximum absolute atomic E-state index is 12.4. The van der Waals surface area contributed by atoms with E-state index in [1.165, 1.54) is 6.07 Å². The van der Waals surface area contributed by atoms with E-state index < -0.39 is 17.5 Å². The largest absolute Gasteiger partial charge is 0.325 e. The summed E-state index contributed by atoms with van der Waals surface area (Å²) in [7, 11) is 0. The molecule has 1 atom stereocenters. The van der Waals surface area contributed by atoms with Gasteiger partial charge in [-0.25, -0.2) is 4.79 Å². The molecule has 1 aromatic carbocycles. The number of imide groups is 1. The van der Waals surface area contributed by atoms with Gasteiger partial charge in [-0.2, -0.15) is 5.26 Å². The number of benzene rings is 1. The minimum Gasteiger partial charge on any atom is -0.324 e. The number of rotatable bonds is 4. The van der Waals surface area contributed by atoms with Crippen molar-refractivity contribution in [3.05, 3.63) is 29.8 Å². The molecule has 2 N–H and O–H groups in total. The number of nitrogens with zero attached hydrogens (tertiary/aromatic N) is 2. The van der Waals surface area contributed by atoms with Crippen LogP contribution >= 0.6 is 0 Å². The fourth-order valence-corrected chi connectivity index (χ4v) is 2.81. The van der Waals surface area contributed by atoms with Crippen molar-refractivity contribution in [2.24, 2.45) is 5.92 Å². The molecule has 3 rings (SSSR count). The summed E-state index contributed by atoms with van der Waals surface area (Å²) >= 11 is 0. The Hall–Kier alpha value is -2.88. The summed E-state index contributed by atoms with van der Waals surface area (Å²) in [6, 6.07) is 7.87. The first-order valence-electron chi connectivity index (χ1n) is 7.38. The monoisotopic (exact) mass is 312 g/mol. The summed E-state index contributed by atoms with van der Waals surface area (Å²) in [5.41, 5.74) is -0.0249. The number of hydrogen-bond acceptors (Lipinski definition) is 4. The van der Waals surface area contributed by atoms with Gasteiger partial charge < -0.3 is 10.6 Å². The van der Waals surface area contributed by atoms with Crippen molar-refractivity contribution in [3.63, 3.8) is 0 Å². The number of amides is 4. The quantitative estimate of drug-likeness (QED) is 0.816. The van der Waals surface area contributed by atoms with Gasteiger partial charge in [0.2, 0.25) is 5.91 Å². The first kappa shape index (κ1) is 15.0. The molecule has 118 valence electrons. The van der Waals surface area contributed by atoms with Crippen LogP contribution in [0.2, 0.25) is 0 Å². The molecule has 7 heteroatoms. The Bertz CT molecular complexity index is 735. The lowest BCUT2D eigenvalue weighted by molar-refractivity contribution is -0.134. The highest BCUT2D eigenvalue weighted by atomic mass is 16.2. The fourth-order valence-electron chi connectivity index (χ4n) is 2.81. The third-order valence-electron chi connectivity index (χ3n) is 4.27. The van der Waals surface area contributed by atoms with Crippen LogP contribution in [0, 0.1) is 17.2 Å². The Kier molecular flexibility index (Phi) is 3.52. The lowest BCUT2D eigenvalue weighted by Crippen LogP contribution is -2.46. The second kappa shape index (κ2) is 5.39. The van der Waals surface area contributed by atoms with Crippen LogP contribution in [0.4, 0.5) is 10.5 Å². The zero-order valence-corrected chi connectivity index (χ0v) is 12.6. The zero-order valence-electron chi connectivity index (χ0n) is 12.6. The number of hydrogen-bond donors (Lipinski definition) is 2. The SMILES string of the molecule is CC1(C2CC2)NC(=O)N(CC(=O)Nc2cccc(C#N)c2)C1=O. The van der Waals surface area contributed by atoms with Crippen molar-refractivity contribution in [1.29, 1.82) is 5.26 Å². The van der Waals surface area contributed by atoms with Crippen molar-refractivity contribution in [3.8, 4) is 6.07 Å². The number of carbonyl (C=O) groups is 3. The maximum atomic E-state index is 12.4. The molecule has 0 aromatic heterocycles. The molecule has 4 amide bonds. The van der Waals surface area contributed by atoms with Crippen molar-refractivity contribution >= 4 is 23.5 Å². The summed E-state index contributed by atoms with van der Waals surface area (Å²) in [5.74, 6) is -0.686. The van der Waals surface area contributed by atoms with Gasteiger partial charge in [0.05, 0.1) is 11.6 Å². The second-order valence-electron chi connectivity index (χ2n) is 6.04. The van der Waals surface area contributed by atoms with Gasteiger partial charge in [0.15, 0.2) is 0 Å². The first-order chi connectivity index (χ1) is 10.9. The van der Waals surface area contributed by atoms with Gasteiger partial charge in [-0.1, -0.05) is 6.07 Å². The minimum atomic E-state index is -0.891. The topological polar surface area (TPSA) is 102 Å². The summed E-state index contributed by atoms with van der Waals surface area (Å²) in [6.45, 7) is 1.36. The van der Waals surface area contributed by atoms with Crippen molar-refractivity contribution < 1.29 is 14.4 Å². The summed E-state index contributed by atoms with van der Waals surface area (Å²) in [5, 5.41) is 14.1. The Morgan fingerprint density at radius 3 is 2.87 bits per heavy atom. The smallest absolute Gasteiger partial charge is 0.324 e. The van der Waals surface area contributed by atoms with Crippen LogP contribution in [0.1, 0.15) is 25.3 Å². The van der Waals surface area contributed by atoms with Gasteiger partial charge in [-0.3, -0.25) is 14.5 Å². The van der Waals surface area contributed by atoms with Crippen LogP contribution in [-0.4, -0.2) is 34.8 Å². The molecule has 2 fully saturated rings. The predicted octanol–water partition coefficient (Wildman–Crippen LogP) is 1.22. The molecule has 23 heavy (non-hydrogen) atoms. The Morgan fingerprint density at radius 1 is 1.48 bits per heavy atom. The molecular weight excluding hydrogens is 296 g/mol. The number of anilines is 1. The fraction of sp³-hybridized carbons (Fsp3) is 0.375. The van der Waals surface area contributed by atoms with Gasteiger partial charge in [0.1, 0.15) is 12.1 Å². The number of carbonyl (C=O) groups excluding carboxylic acids is 3. The summed E-state index contributed by atoms with van der Waals surface area (Å²) in [4.78, 5) is 37.5. The lowest BCUT2D eigenvalue weighted by atomic mass is 9.96. The van der Waals surface area contributed by atoms with Gasteiger partial charge in [-0.05, 0) is 43.9 Å². The molecule has 1 heterocycles. The molecule has 1 aliphatic carbocycles. The molecule has 0 spiro atoms. The van der Waals surface area contributed by atoms with Gasteiger partial charge >= 0.3 is 6.03 Å². The lowest BCUT2D eigenvalue weighted by Gasteiger charge is -2.20. The van der Waals surface area contributed by atoms with E-state index in [0.29, 0.717) is 11.3 Å². The third kappa shape index (κ3) is 2.75. The molecule has 0 radical (unpaired) electrons. The van der Waals surface area contributed by atoms with Crippen molar-refractivity contribution in [2.75, 3.05) is 11.9 Å². The van der Waals surface area contributed by atoms with Gasteiger partial charge in [0.25, 0.3) is 5.91 Å². The first-order valence-corrected chi connectivity index (χ1v) is 7.38. The minimum absolute atomic E-state index is 0.152. The normalized spacial score (nSPS) is 23.4. The van der Waals surface area contributed by atoms with Crippen LogP contribution in [0.3, 0.4) is 0 Å². The summed E-state index contributed by atoms with van der Waals surface area (Å²) in [6.07, 6.45) is 1.81. The number of nitriles is 1. The van der Waals surface area contributed by atoms with Crippen LogP contribution < -0.4 is 10.6 Å². The number of nitrogens with one attached hydrogen (secondary N) is 2. The molecule has 0 bridgehead atoms. The second-order valence-corrected chi connectivity index (χ2v) is 6.04. The van der Waals surface area contributed by atoms with E-state index in [-0.39, 0.29) is 18.4 Å². The van der Waals surface area contributed by atoms with Crippen LogP contribution in [0.25, 0.3) is 0 Å². The highest BCUT2D eigenvalue weighted by Crippen LogP contribution is 2.42. The van der Waals surface area contributed by atoms with Gasteiger partial charge in [-0.15, -0.1) is 0 Å². The third-order valence-corrected chi connectivity index (χ3v) is 4.27. The summed E-state index contributed by atoms with van der Waals surface area (Å²) < 4.78 is 0. The van der Waals surface area contributed by atoms with Crippen molar-refractivity contribution in [2.45, 2.75) is 25.3 Å². The van der Waals surface area contributed by atoms with E-state index in [0.717, 1.165) is 17.7 Å². The number of urea groups is 1. The Balaban J connectivity index is 1.67. The Labute approximate surface area is 133 Å². The van der Waals surface area contributed by atoms with E-state index >= 15 is 0 Å². The predicted molar refractivity (Wildman–Crippen MR) is 81.2 cm³/mol. The van der Waals surface area contributed by atoms with Crippen LogP contribution in [-0.2, 0) is 9.59 Å². The van der Waals surface area contributed by atoms with E-state index in [9.17, 15) is 14.4 Å². The van der Waals surface area contributed by atoms with Crippen molar-refractivity contribution in [1.82, 2.24) is 10.2 Å². The molecule has 1 saturated heterocycles. The maximum Gasteiger partial charge on any atom is 0.325 e. The Morgan fingerprint density at radius 2 is 2.22 bits per heavy atom. The van der Waals surface area contributed by atoms with Gasteiger partial charge in [0, 0.05) is 5.69 Å². The molecule has 7 nitrogen and oxygen atoms in total. The van der Waals surface area contributed by atoms with Crippen LogP contribution in [0.5, 0.6) is 0 Å². The highest BCUT2D eigenvalue weighted by molar-refractivity contribution is 6.10. The zero-order chi connectivity index (χ0) is 16.6. The standard InChI is InChI=1S/C16H16N4O3/c1-16(11-5-6-11)14(22)20(15(23)19-16)9-13(21)18-12-4-2-3-10(7-12)8-17/h2-4,7,11H,5-6,9H2,1H3,(H,18,21)(H,19,23). The highest BCUT2D eigenvalue weighted by Gasteiger charge is 2.56. The van der Waals surface area contributed by atoms with E-state index in [4.69, 9.17) is 5.26 Å². The molecule has 1 aromatic rings. The molecule has 1 saturated carbocycles. The van der Waals surface area contributed by atoms with E-state index in [2.05, 4.69) is 10.6 Å². The van der Waals surface area contributed by atoms with E-state index in [1.54, 1.807) is 25.1 Å². The molecule has 2 aliphatic rings. The average Bonchev–Trinajstić information content (AvgIpc) is 3.34. The molecule has 1 aliphatic heterocycles. The average molecular weight is 312 g/mol. The van der Waals surface area contributed by atoms with Crippen LogP contribution in [0.15, 0.2) is 24.3 Å². The van der Waals surface area contributed by atoms with E-state index in [1.807, 2.05) is 6.07 Å².